The van der Waals surface area contributed by atoms with Crippen molar-refractivity contribution >= 4 is 5.96 Å². The predicted octanol–water partition coefficient (Wildman–Crippen LogP) is 2.97. The Morgan fingerprint density at radius 2 is 1.92 bits per heavy atom. The van der Waals surface area contributed by atoms with E-state index in [1.807, 2.05) is 12.1 Å². The second kappa shape index (κ2) is 8.47. The Balaban J connectivity index is 1.79. The number of nitrogens with one attached hydrogen (secondary N) is 2. The maximum atomic E-state index is 13.8. The van der Waals surface area contributed by atoms with E-state index in [0.29, 0.717) is 12.1 Å². The molecule has 2 rings (SSSR count). The van der Waals surface area contributed by atoms with E-state index < -0.39 is 0 Å². The van der Waals surface area contributed by atoms with Crippen LogP contribution >= 0.6 is 0 Å². The van der Waals surface area contributed by atoms with Gasteiger partial charge in [-0.2, -0.15) is 0 Å². The van der Waals surface area contributed by atoms with E-state index in [1.165, 1.54) is 6.07 Å². The maximum Gasteiger partial charge on any atom is 0.191 e. The van der Waals surface area contributed by atoms with Crippen molar-refractivity contribution in [2.45, 2.75) is 58.2 Å². The zero-order chi connectivity index (χ0) is 17.7. The fourth-order valence-electron chi connectivity index (χ4n) is 3.26. The second-order valence-corrected chi connectivity index (χ2v) is 7.04. The summed E-state index contributed by atoms with van der Waals surface area (Å²) >= 11 is 0. The summed E-state index contributed by atoms with van der Waals surface area (Å²) in [6.07, 6.45) is 0.950. The number of benzene rings is 1. The zero-order valence-corrected chi connectivity index (χ0v) is 15.5. The SMILES string of the molecule is CN=C(NCCN(C(C)C)C(C)C)NC1CC1c1ccccc1F. The molecule has 1 saturated carbocycles. The van der Waals surface area contributed by atoms with Gasteiger partial charge >= 0.3 is 0 Å². The molecular weight excluding hydrogens is 303 g/mol. The lowest BCUT2D eigenvalue weighted by Gasteiger charge is -2.30. The first-order valence-electron chi connectivity index (χ1n) is 8.91. The summed E-state index contributed by atoms with van der Waals surface area (Å²) in [5.74, 6) is 0.929. The second-order valence-electron chi connectivity index (χ2n) is 7.04. The third kappa shape index (κ3) is 4.94. The highest BCUT2D eigenvalue weighted by Gasteiger charge is 2.40. The summed E-state index contributed by atoms with van der Waals surface area (Å²) in [4.78, 5) is 6.73. The minimum absolute atomic E-state index is 0.112. The van der Waals surface area contributed by atoms with Crippen LogP contribution in [0.3, 0.4) is 0 Å². The van der Waals surface area contributed by atoms with Crippen molar-refractivity contribution < 1.29 is 4.39 Å². The normalized spacial score (nSPS) is 20.8. The van der Waals surface area contributed by atoms with Crippen molar-refractivity contribution in [2.75, 3.05) is 20.1 Å². The molecule has 4 nitrogen and oxygen atoms in total. The molecular formula is C19H31FN4. The molecule has 2 atom stereocenters. The van der Waals surface area contributed by atoms with E-state index in [0.717, 1.165) is 31.0 Å². The van der Waals surface area contributed by atoms with Crippen molar-refractivity contribution in [3.63, 3.8) is 0 Å². The Morgan fingerprint density at radius 3 is 2.50 bits per heavy atom. The van der Waals surface area contributed by atoms with Gasteiger partial charge in [-0.05, 0) is 45.7 Å². The zero-order valence-electron chi connectivity index (χ0n) is 15.5. The van der Waals surface area contributed by atoms with Crippen LogP contribution in [0.2, 0.25) is 0 Å². The molecule has 0 spiro atoms. The molecule has 2 N–H and O–H groups in total. The van der Waals surface area contributed by atoms with Gasteiger partial charge in [-0.25, -0.2) is 4.39 Å². The van der Waals surface area contributed by atoms with Crippen LogP contribution in [0, 0.1) is 5.82 Å². The number of rotatable bonds is 7. The number of nitrogens with zero attached hydrogens (tertiary/aromatic N) is 2. The highest BCUT2D eigenvalue weighted by atomic mass is 19.1. The van der Waals surface area contributed by atoms with Gasteiger partial charge in [-0.15, -0.1) is 0 Å². The van der Waals surface area contributed by atoms with Crippen LogP contribution in [0.4, 0.5) is 4.39 Å². The lowest BCUT2D eigenvalue weighted by atomic mass is 10.1. The number of guanidine groups is 1. The van der Waals surface area contributed by atoms with Crippen LogP contribution < -0.4 is 10.6 Å². The third-order valence-electron chi connectivity index (χ3n) is 4.63. The standard InChI is InChI=1S/C19H31FN4/c1-13(2)24(14(3)4)11-10-22-19(21-5)23-18-12-16(18)15-8-6-7-9-17(15)20/h6-9,13-14,16,18H,10-12H2,1-5H3,(H2,21,22,23). The topological polar surface area (TPSA) is 39.7 Å². The summed E-state index contributed by atoms with van der Waals surface area (Å²) in [6.45, 7) is 10.7. The van der Waals surface area contributed by atoms with Crippen molar-refractivity contribution in [1.82, 2.24) is 15.5 Å². The van der Waals surface area contributed by atoms with E-state index in [9.17, 15) is 4.39 Å². The van der Waals surface area contributed by atoms with E-state index >= 15 is 0 Å². The number of hydrogen-bond acceptors (Lipinski definition) is 2. The molecule has 1 aromatic carbocycles. The molecule has 0 amide bonds. The predicted molar refractivity (Wildman–Crippen MR) is 99.0 cm³/mol. The molecule has 0 aliphatic heterocycles. The average molecular weight is 334 g/mol. The molecule has 1 aliphatic carbocycles. The Hall–Kier alpha value is -1.62. The van der Waals surface area contributed by atoms with Gasteiger partial charge in [-0.3, -0.25) is 9.89 Å². The summed E-state index contributed by atoms with van der Waals surface area (Å²) in [5.41, 5.74) is 0.802. The van der Waals surface area contributed by atoms with Gasteiger partial charge in [0.1, 0.15) is 5.82 Å². The average Bonchev–Trinajstić information content (AvgIpc) is 3.28. The highest BCUT2D eigenvalue weighted by molar-refractivity contribution is 5.80. The van der Waals surface area contributed by atoms with Gasteiger partial charge in [-0.1, -0.05) is 18.2 Å². The van der Waals surface area contributed by atoms with Gasteiger partial charge in [0.25, 0.3) is 0 Å². The minimum atomic E-state index is -0.112. The van der Waals surface area contributed by atoms with Crippen LogP contribution in [0.25, 0.3) is 0 Å². The summed E-state index contributed by atoms with van der Waals surface area (Å²) in [7, 11) is 1.78. The fourth-order valence-corrected chi connectivity index (χ4v) is 3.26. The molecule has 134 valence electrons. The lowest BCUT2D eigenvalue weighted by molar-refractivity contribution is 0.178. The molecule has 1 aromatic rings. The smallest absolute Gasteiger partial charge is 0.191 e. The van der Waals surface area contributed by atoms with Crippen molar-refractivity contribution in [2.24, 2.45) is 4.99 Å². The molecule has 0 radical (unpaired) electrons. The van der Waals surface area contributed by atoms with Crippen LogP contribution in [0.1, 0.15) is 45.6 Å². The monoisotopic (exact) mass is 334 g/mol. The third-order valence-corrected chi connectivity index (χ3v) is 4.63. The lowest BCUT2D eigenvalue weighted by Crippen LogP contribution is -2.45. The maximum absolute atomic E-state index is 13.8. The van der Waals surface area contributed by atoms with Gasteiger partial charge in [0.15, 0.2) is 5.96 Å². The summed E-state index contributed by atoms with van der Waals surface area (Å²) in [6, 6.07) is 8.35. The summed E-state index contributed by atoms with van der Waals surface area (Å²) in [5, 5.41) is 6.77. The molecule has 0 aromatic heterocycles. The number of aliphatic imine (C=N–C) groups is 1. The van der Waals surface area contributed by atoms with Crippen LogP contribution in [0.5, 0.6) is 0 Å². The quantitative estimate of drug-likeness (QED) is 0.595. The van der Waals surface area contributed by atoms with E-state index in [1.54, 1.807) is 13.1 Å². The Morgan fingerprint density at radius 1 is 1.25 bits per heavy atom. The first-order valence-corrected chi connectivity index (χ1v) is 8.91. The van der Waals surface area contributed by atoms with Gasteiger partial charge < -0.3 is 10.6 Å². The molecule has 2 unspecified atom stereocenters. The molecule has 0 saturated heterocycles. The minimum Gasteiger partial charge on any atom is -0.355 e. The van der Waals surface area contributed by atoms with E-state index in [2.05, 4.69) is 48.2 Å². The van der Waals surface area contributed by atoms with E-state index in [-0.39, 0.29) is 17.8 Å². The van der Waals surface area contributed by atoms with Gasteiger partial charge in [0.05, 0.1) is 0 Å². The van der Waals surface area contributed by atoms with Gasteiger partial charge in [0, 0.05) is 44.2 Å². The Bertz CT molecular complexity index is 548. The molecule has 1 aliphatic rings. The Labute approximate surface area is 145 Å². The highest BCUT2D eigenvalue weighted by Crippen LogP contribution is 2.41. The molecule has 1 fully saturated rings. The van der Waals surface area contributed by atoms with Crippen molar-refractivity contribution in [3.05, 3.63) is 35.6 Å². The first kappa shape index (κ1) is 18.7. The first-order chi connectivity index (χ1) is 11.4. The van der Waals surface area contributed by atoms with Gasteiger partial charge in [0.2, 0.25) is 0 Å². The van der Waals surface area contributed by atoms with E-state index in [4.69, 9.17) is 0 Å². The van der Waals surface area contributed by atoms with Crippen LogP contribution in [0.15, 0.2) is 29.3 Å². The molecule has 0 bridgehead atoms. The fraction of sp³-hybridized carbons (Fsp3) is 0.632. The molecule has 0 heterocycles. The van der Waals surface area contributed by atoms with Crippen molar-refractivity contribution in [1.29, 1.82) is 0 Å². The number of hydrogen-bond donors (Lipinski definition) is 2. The summed E-state index contributed by atoms with van der Waals surface area (Å²) < 4.78 is 13.8. The Kier molecular flexibility index (Phi) is 6.60. The largest absolute Gasteiger partial charge is 0.355 e. The molecule has 24 heavy (non-hydrogen) atoms. The van der Waals surface area contributed by atoms with Crippen LogP contribution in [-0.2, 0) is 0 Å². The number of halogens is 1. The van der Waals surface area contributed by atoms with Crippen LogP contribution in [-0.4, -0.2) is 49.1 Å². The molecule has 5 heteroatoms. The van der Waals surface area contributed by atoms with Crippen molar-refractivity contribution in [3.8, 4) is 0 Å².